The summed E-state index contributed by atoms with van der Waals surface area (Å²) in [5.41, 5.74) is 1.32. The molecular weight excluding hydrogens is 345 g/mol. The van der Waals surface area contributed by atoms with Crippen LogP contribution in [0.2, 0.25) is 0 Å². The van der Waals surface area contributed by atoms with Gasteiger partial charge < -0.3 is 30.0 Å². The van der Waals surface area contributed by atoms with Crippen LogP contribution in [0.15, 0.2) is 34.5 Å². The number of hydrogen-bond acceptors (Lipinski definition) is 6. The molecule has 1 fully saturated rings. The SMILES string of the molecule is O=C(O)NCC(=CF)COc1ccc2nc(NC3CCC(O)C3)oc2c1. The van der Waals surface area contributed by atoms with Crippen LogP contribution in [0.5, 0.6) is 5.75 Å². The van der Waals surface area contributed by atoms with Gasteiger partial charge in [0, 0.05) is 24.2 Å². The summed E-state index contributed by atoms with van der Waals surface area (Å²) in [6, 6.07) is 5.54. The number of fused-ring (bicyclic) bond motifs is 1. The van der Waals surface area contributed by atoms with Crippen LogP contribution in [0.3, 0.4) is 0 Å². The molecule has 4 N–H and O–H groups in total. The van der Waals surface area contributed by atoms with Gasteiger partial charge in [0.05, 0.1) is 12.4 Å². The number of rotatable bonds is 7. The van der Waals surface area contributed by atoms with E-state index in [1.54, 1.807) is 18.2 Å². The minimum atomic E-state index is -1.23. The van der Waals surface area contributed by atoms with Crippen molar-refractivity contribution in [1.29, 1.82) is 0 Å². The molecule has 0 spiro atoms. The molecule has 3 rings (SSSR count). The number of oxazole rings is 1. The van der Waals surface area contributed by atoms with E-state index in [0.29, 0.717) is 35.6 Å². The lowest BCUT2D eigenvalue weighted by molar-refractivity contribution is 0.182. The van der Waals surface area contributed by atoms with Gasteiger partial charge >= 0.3 is 6.09 Å². The van der Waals surface area contributed by atoms with Crippen molar-refractivity contribution in [2.75, 3.05) is 18.5 Å². The molecule has 1 aromatic carbocycles. The first-order valence-corrected chi connectivity index (χ1v) is 8.26. The number of halogens is 1. The highest BCUT2D eigenvalue weighted by atomic mass is 19.1. The Morgan fingerprint density at radius 1 is 1.46 bits per heavy atom. The second-order valence-corrected chi connectivity index (χ2v) is 6.17. The van der Waals surface area contributed by atoms with Gasteiger partial charge in [0.1, 0.15) is 17.9 Å². The van der Waals surface area contributed by atoms with Crippen LogP contribution in [-0.2, 0) is 0 Å². The van der Waals surface area contributed by atoms with Crippen LogP contribution < -0.4 is 15.4 Å². The minimum absolute atomic E-state index is 0.0957. The van der Waals surface area contributed by atoms with Crippen molar-refractivity contribution in [3.8, 4) is 5.75 Å². The Hall–Kier alpha value is -2.81. The molecule has 26 heavy (non-hydrogen) atoms. The van der Waals surface area contributed by atoms with Crippen LogP contribution in [0.1, 0.15) is 19.3 Å². The van der Waals surface area contributed by atoms with Crippen molar-refractivity contribution >= 4 is 23.2 Å². The predicted octanol–water partition coefficient (Wildman–Crippen LogP) is 2.65. The maximum atomic E-state index is 12.8. The van der Waals surface area contributed by atoms with E-state index in [-0.39, 0.29) is 30.9 Å². The molecule has 2 aromatic rings. The molecule has 1 aliphatic rings. The van der Waals surface area contributed by atoms with Gasteiger partial charge in [-0.25, -0.2) is 9.18 Å². The Bertz CT molecular complexity index is 807. The summed E-state index contributed by atoms with van der Waals surface area (Å²) in [6.45, 7) is -0.251. The van der Waals surface area contributed by atoms with E-state index in [4.69, 9.17) is 14.3 Å². The lowest BCUT2D eigenvalue weighted by Gasteiger charge is -2.09. The summed E-state index contributed by atoms with van der Waals surface area (Å²) in [7, 11) is 0. The van der Waals surface area contributed by atoms with Crippen LogP contribution in [0, 0.1) is 0 Å². The zero-order chi connectivity index (χ0) is 18.5. The normalized spacial score (nSPS) is 20.3. The zero-order valence-corrected chi connectivity index (χ0v) is 13.9. The summed E-state index contributed by atoms with van der Waals surface area (Å²) < 4.78 is 23.9. The van der Waals surface area contributed by atoms with Crippen molar-refractivity contribution < 1.29 is 28.6 Å². The number of carbonyl (C=O) groups is 1. The molecule has 1 amide bonds. The molecule has 2 atom stereocenters. The van der Waals surface area contributed by atoms with Gasteiger partial charge in [0.25, 0.3) is 6.01 Å². The number of nitrogens with zero attached hydrogens (tertiary/aromatic N) is 1. The number of aliphatic hydroxyl groups is 1. The summed E-state index contributed by atoms with van der Waals surface area (Å²) in [6.07, 6.45) is 1.08. The average Bonchev–Trinajstić information content (AvgIpc) is 3.19. The lowest BCUT2D eigenvalue weighted by Crippen LogP contribution is -2.25. The fraction of sp³-hybridized carbons (Fsp3) is 0.412. The molecule has 1 aliphatic carbocycles. The molecule has 1 heterocycles. The summed E-state index contributed by atoms with van der Waals surface area (Å²) in [5.74, 6) is 0.450. The Kier molecular flexibility index (Phi) is 5.57. The number of benzene rings is 1. The van der Waals surface area contributed by atoms with E-state index in [2.05, 4.69) is 15.6 Å². The Balaban J connectivity index is 1.60. The maximum Gasteiger partial charge on any atom is 0.404 e. The largest absolute Gasteiger partial charge is 0.489 e. The summed E-state index contributed by atoms with van der Waals surface area (Å²) in [5, 5.41) is 23.4. The van der Waals surface area contributed by atoms with E-state index in [1.807, 2.05) is 0 Å². The summed E-state index contributed by atoms with van der Waals surface area (Å²) in [4.78, 5) is 14.8. The molecule has 8 nitrogen and oxygen atoms in total. The van der Waals surface area contributed by atoms with Crippen molar-refractivity contribution in [1.82, 2.24) is 10.3 Å². The van der Waals surface area contributed by atoms with E-state index in [0.717, 1.165) is 12.8 Å². The lowest BCUT2D eigenvalue weighted by atomic mass is 10.2. The highest BCUT2D eigenvalue weighted by Gasteiger charge is 2.24. The van der Waals surface area contributed by atoms with Crippen LogP contribution in [0.25, 0.3) is 11.1 Å². The van der Waals surface area contributed by atoms with Gasteiger partial charge in [-0.05, 0) is 31.4 Å². The Morgan fingerprint density at radius 3 is 3.00 bits per heavy atom. The first kappa shape index (κ1) is 18.0. The molecule has 1 saturated carbocycles. The fourth-order valence-corrected chi connectivity index (χ4v) is 2.81. The van der Waals surface area contributed by atoms with Crippen molar-refractivity contribution in [2.24, 2.45) is 0 Å². The minimum Gasteiger partial charge on any atom is -0.489 e. The van der Waals surface area contributed by atoms with E-state index in [9.17, 15) is 14.3 Å². The molecule has 140 valence electrons. The number of nitrogens with one attached hydrogen (secondary N) is 2. The third kappa shape index (κ3) is 4.63. The molecule has 9 heteroatoms. The number of aromatic nitrogens is 1. The fourth-order valence-electron chi connectivity index (χ4n) is 2.81. The van der Waals surface area contributed by atoms with Crippen LogP contribution in [0.4, 0.5) is 15.2 Å². The van der Waals surface area contributed by atoms with Gasteiger partial charge in [0.2, 0.25) is 0 Å². The third-order valence-corrected chi connectivity index (χ3v) is 4.14. The van der Waals surface area contributed by atoms with Gasteiger partial charge in [-0.2, -0.15) is 4.98 Å². The Labute approximate surface area is 148 Å². The van der Waals surface area contributed by atoms with Crippen molar-refractivity contribution in [3.63, 3.8) is 0 Å². The molecule has 0 bridgehead atoms. The molecule has 0 radical (unpaired) electrons. The van der Waals surface area contributed by atoms with Gasteiger partial charge in [-0.15, -0.1) is 0 Å². The van der Waals surface area contributed by atoms with Gasteiger partial charge in [-0.1, -0.05) is 0 Å². The van der Waals surface area contributed by atoms with Crippen LogP contribution in [-0.4, -0.2) is 46.6 Å². The monoisotopic (exact) mass is 365 g/mol. The first-order valence-electron chi connectivity index (χ1n) is 8.26. The highest BCUT2D eigenvalue weighted by molar-refractivity contribution is 5.76. The number of hydrogen-bond donors (Lipinski definition) is 4. The van der Waals surface area contributed by atoms with E-state index in [1.165, 1.54) is 0 Å². The number of amides is 1. The molecule has 2 unspecified atom stereocenters. The average molecular weight is 365 g/mol. The van der Waals surface area contributed by atoms with Crippen molar-refractivity contribution in [3.05, 3.63) is 30.1 Å². The molecule has 0 saturated heterocycles. The summed E-state index contributed by atoms with van der Waals surface area (Å²) >= 11 is 0. The van der Waals surface area contributed by atoms with Crippen molar-refractivity contribution in [2.45, 2.75) is 31.4 Å². The molecular formula is C17H20FN3O5. The number of ether oxygens (including phenoxy) is 1. The maximum absolute atomic E-state index is 12.8. The second-order valence-electron chi connectivity index (χ2n) is 6.17. The second kappa shape index (κ2) is 8.05. The van der Waals surface area contributed by atoms with Gasteiger partial charge in [-0.3, -0.25) is 0 Å². The zero-order valence-electron chi connectivity index (χ0n) is 13.9. The smallest absolute Gasteiger partial charge is 0.404 e. The number of aliphatic hydroxyl groups excluding tert-OH is 1. The topological polar surface area (TPSA) is 117 Å². The highest BCUT2D eigenvalue weighted by Crippen LogP contribution is 2.27. The number of carboxylic acid groups (broad SMARTS) is 1. The molecule has 1 aromatic heterocycles. The molecule has 0 aliphatic heterocycles. The van der Waals surface area contributed by atoms with E-state index >= 15 is 0 Å². The van der Waals surface area contributed by atoms with E-state index < -0.39 is 6.09 Å². The predicted molar refractivity (Wildman–Crippen MR) is 92.0 cm³/mol. The van der Waals surface area contributed by atoms with Gasteiger partial charge in [0.15, 0.2) is 5.58 Å². The quantitative estimate of drug-likeness (QED) is 0.596. The standard InChI is InChI=1S/C17H20FN3O5/c18-7-10(8-19-17(23)24)9-25-13-3-4-14-15(6-13)26-16(21-14)20-11-1-2-12(22)5-11/h3-4,6-7,11-12,19,22H,1-2,5,8-9H2,(H,20,21)(H,23,24). The third-order valence-electron chi connectivity index (χ3n) is 4.14. The van der Waals surface area contributed by atoms with Crippen LogP contribution >= 0.6 is 0 Å². The number of anilines is 1. The Morgan fingerprint density at radius 2 is 2.31 bits per heavy atom. The first-order chi connectivity index (χ1) is 12.5.